The van der Waals surface area contributed by atoms with Gasteiger partial charge in [-0.3, -0.25) is 14.5 Å². The molecule has 0 aliphatic carbocycles. The topological polar surface area (TPSA) is 142 Å². The Labute approximate surface area is 248 Å². The zero-order chi connectivity index (χ0) is 29.1. The molecule has 2 heterocycles. The predicted octanol–water partition coefficient (Wildman–Crippen LogP) is 3.03. The summed E-state index contributed by atoms with van der Waals surface area (Å²) in [6.07, 6.45) is 1.86. The molecule has 4 N–H and O–H groups in total. The Morgan fingerprint density at radius 1 is 1.05 bits per heavy atom. The van der Waals surface area contributed by atoms with E-state index < -0.39 is 27.7 Å². The number of aliphatic hydroxyl groups is 1. The van der Waals surface area contributed by atoms with Gasteiger partial charge in [0.1, 0.15) is 23.1 Å². The van der Waals surface area contributed by atoms with Crippen LogP contribution < -0.4 is 15.2 Å². The summed E-state index contributed by atoms with van der Waals surface area (Å²) in [6.45, 7) is 8.27. The van der Waals surface area contributed by atoms with Crippen LogP contribution >= 0.6 is 12.4 Å². The van der Waals surface area contributed by atoms with E-state index in [4.69, 9.17) is 9.88 Å². The molecule has 0 unspecified atom stereocenters. The number of ether oxygens (including phenoxy) is 1. The Kier molecular flexibility index (Phi) is 10.8. The fourth-order valence-electron chi connectivity index (χ4n) is 5.43. The van der Waals surface area contributed by atoms with Gasteiger partial charge < -0.3 is 20.1 Å². The van der Waals surface area contributed by atoms with Crippen LogP contribution in [0.25, 0.3) is 0 Å². The molecule has 2 atom stereocenters. The number of nitrogens with one attached hydrogen (secondary N) is 1. The monoisotopic (exact) mass is 608 g/mol. The Bertz CT molecular complexity index is 1300. The molecule has 2 aliphatic heterocycles. The smallest absolute Gasteiger partial charge is 0.248 e. The third-order valence-electron chi connectivity index (χ3n) is 7.92. The van der Waals surface area contributed by atoms with Crippen LogP contribution in [-0.4, -0.2) is 72.5 Å². The molecule has 2 fully saturated rings. The predicted molar refractivity (Wildman–Crippen MR) is 158 cm³/mol. The van der Waals surface area contributed by atoms with Gasteiger partial charge in [0, 0.05) is 26.2 Å². The number of carbonyl (C=O) groups is 2. The maximum absolute atomic E-state index is 13.5. The van der Waals surface area contributed by atoms with E-state index in [0.717, 1.165) is 18.4 Å². The van der Waals surface area contributed by atoms with E-state index in [2.05, 4.69) is 17.1 Å². The van der Waals surface area contributed by atoms with E-state index in [1.165, 1.54) is 12.1 Å². The molecule has 10 nitrogen and oxygen atoms in total. The van der Waals surface area contributed by atoms with Crippen LogP contribution in [0.15, 0.2) is 53.4 Å². The normalized spacial score (nSPS) is 20.0. The van der Waals surface area contributed by atoms with E-state index in [9.17, 15) is 23.1 Å². The summed E-state index contributed by atoms with van der Waals surface area (Å²) < 4.78 is 28.7. The molecular weight excluding hydrogens is 568 g/mol. The minimum absolute atomic E-state index is 0. The number of sulfonamides is 1. The molecule has 1 spiro atoms. The summed E-state index contributed by atoms with van der Waals surface area (Å²) in [5.74, 6) is 0.624. The zero-order valence-electron chi connectivity index (χ0n) is 23.8. The van der Waals surface area contributed by atoms with E-state index in [1.807, 2.05) is 38.1 Å². The summed E-state index contributed by atoms with van der Waals surface area (Å²) in [4.78, 5) is 31.0. The number of piperazine rings is 1. The van der Waals surface area contributed by atoms with Gasteiger partial charge in [-0.1, -0.05) is 39.3 Å². The number of piperidine rings is 1. The molecule has 0 bridgehead atoms. The number of hydrogen-bond donors (Lipinski definition) is 3. The van der Waals surface area contributed by atoms with Crippen LogP contribution in [0.5, 0.6) is 11.5 Å². The van der Waals surface area contributed by atoms with Crippen molar-refractivity contribution in [3.8, 4) is 11.5 Å². The van der Waals surface area contributed by atoms with Gasteiger partial charge in [-0.25, -0.2) is 13.6 Å². The highest BCUT2D eigenvalue weighted by Gasteiger charge is 2.54. The quantitative estimate of drug-likeness (QED) is 0.376. The fourth-order valence-corrected chi connectivity index (χ4v) is 5.94. The lowest BCUT2D eigenvalue weighted by molar-refractivity contribution is -0.165. The number of primary sulfonamides is 1. The van der Waals surface area contributed by atoms with Crippen molar-refractivity contribution in [1.82, 2.24) is 15.1 Å². The Balaban J connectivity index is 0.00000462. The fraction of sp³-hybridized carbons (Fsp3) is 0.517. The van der Waals surface area contributed by atoms with Gasteiger partial charge in [0.15, 0.2) is 0 Å². The number of nitrogens with two attached hydrogens (primary N) is 1. The standard InChI is InChI=1S/C29H40N4O6S.ClH/c1-4-5-16-33-27(35)25(26(34)20(2)3)31-28(36)29(33)14-17-32(18-15-29)19-21-6-8-22(9-7-21)39-23-10-12-24(13-11-23)40(30,37)38;/h6-13,20,25-26,34H,4-5,14-19H2,1-3H3,(H,31,36)(H2,30,37,38);1H/t25-,26-;/m1./s1. The average molecular weight is 609 g/mol. The maximum Gasteiger partial charge on any atom is 0.248 e. The number of amides is 2. The molecule has 2 aromatic carbocycles. The summed E-state index contributed by atoms with van der Waals surface area (Å²) in [6, 6.07) is 12.7. The van der Waals surface area contributed by atoms with Crippen LogP contribution in [0.2, 0.25) is 0 Å². The van der Waals surface area contributed by atoms with Crippen molar-refractivity contribution in [2.75, 3.05) is 19.6 Å². The van der Waals surface area contributed by atoms with Crippen LogP contribution in [0.3, 0.4) is 0 Å². The second-order valence-corrected chi connectivity index (χ2v) is 12.7. The summed E-state index contributed by atoms with van der Waals surface area (Å²) in [5, 5.41) is 18.6. The lowest BCUT2D eigenvalue weighted by Gasteiger charge is -2.52. The first-order valence-corrected chi connectivity index (χ1v) is 15.4. The molecule has 4 rings (SSSR count). The number of rotatable bonds is 10. The van der Waals surface area contributed by atoms with Gasteiger partial charge in [0.2, 0.25) is 21.8 Å². The van der Waals surface area contributed by atoms with Crippen LogP contribution in [0.1, 0.15) is 52.0 Å². The van der Waals surface area contributed by atoms with Gasteiger partial charge in [0.05, 0.1) is 11.0 Å². The molecule has 2 amide bonds. The second-order valence-electron chi connectivity index (χ2n) is 11.1. The number of likely N-dealkylation sites (tertiary alicyclic amines) is 1. The Morgan fingerprint density at radius 2 is 1.61 bits per heavy atom. The number of aliphatic hydroxyl groups excluding tert-OH is 1. The van der Waals surface area contributed by atoms with Crippen molar-refractivity contribution in [3.05, 3.63) is 54.1 Å². The SMILES string of the molecule is CCCCN1C(=O)[C@@H]([C@H](O)C(C)C)NC(=O)C12CCN(Cc1ccc(Oc3ccc(S(N)(=O)=O)cc3)cc1)CC2.Cl. The molecule has 0 radical (unpaired) electrons. The minimum Gasteiger partial charge on any atom is -0.457 e. The summed E-state index contributed by atoms with van der Waals surface area (Å²) in [7, 11) is -3.76. The number of unbranched alkanes of at least 4 members (excludes halogenated alkanes) is 1. The number of nitrogens with zero attached hydrogens (tertiary/aromatic N) is 2. The van der Waals surface area contributed by atoms with Crippen molar-refractivity contribution in [1.29, 1.82) is 0 Å². The summed E-state index contributed by atoms with van der Waals surface area (Å²) >= 11 is 0. The number of benzene rings is 2. The van der Waals surface area contributed by atoms with E-state index in [1.54, 1.807) is 17.0 Å². The van der Waals surface area contributed by atoms with Gasteiger partial charge in [-0.05, 0) is 67.1 Å². The third-order valence-corrected chi connectivity index (χ3v) is 8.85. The molecule has 0 aromatic heterocycles. The van der Waals surface area contributed by atoms with E-state index >= 15 is 0 Å². The molecule has 2 aliphatic rings. The highest BCUT2D eigenvalue weighted by molar-refractivity contribution is 7.89. The Hall–Kier alpha value is -2.70. The molecule has 0 saturated carbocycles. The van der Waals surface area contributed by atoms with Crippen LogP contribution in [0, 0.1) is 5.92 Å². The molecule has 2 saturated heterocycles. The van der Waals surface area contributed by atoms with Crippen molar-refractivity contribution in [2.45, 2.75) is 75.6 Å². The first-order chi connectivity index (χ1) is 18.9. The van der Waals surface area contributed by atoms with Gasteiger partial charge in [-0.2, -0.15) is 0 Å². The van der Waals surface area contributed by atoms with Crippen LogP contribution in [-0.2, 0) is 26.2 Å². The maximum atomic E-state index is 13.5. The van der Waals surface area contributed by atoms with Crippen molar-refractivity contribution < 1.29 is 27.9 Å². The minimum atomic E-state index is -3.76. The number of hydrogen-bond acceptors (Lipinski definition) is 7. The lowest BCUT2D eigenvalue weighted by atomic mass is 9.80. The summed E-state index contributed by atoms with van der Waals surface area (Å²) in [5.41, 5.74) is 0.201. The van der Waals surface area contributed by atoms with Crippen molar-refractivity contribution >= 4 is 34.2 Å². The average Bonchev–Trinajstić information content (AvgIpc) is 2.92. The highest BCUT2D eigenvalue weighted by Crippen LogP contribution is 2.35. The number of halogens is 1. The van der Waals surface area contributed by atoms with Gasteiger partial charge >= 0.3 is 0 Å². The van der Waals surface area contributed by atoms with Crippen LogP contribution in [0.4, 0.5) is 0 Å². The molecule has 41 heavy (non-hydrogen) atoms. The molecule has 226 valence electrons. The Morgan fingerprint density at radius 3 is 2.12 bits per heavy atom. The second kappa shape index (κ2) is 13.5. The molecular formula is C29H41ClN4O6S. The first-order valence-electron chi connectivity index (χ1n) is 13.9. The van der Waals surface area contributed by atoms with Gasteiger partial charge in [-0.15, -0.1) is 12.4 Å². The lowest BCUT2D eigenvalue weighted by Crippen LogP contribution is -2.74. The van der Waals surface area contributed by atoms with E-state index in [-0.39, 0.29) is 35.0 Å². The van der Waals surface area contributed by atoms with Crippen molar-refractivity contribution in [3.63, 3.8) is 0 Å². The van der Waals surface area contributed by atoms with E-state index in [0.29, 0.717) is 50.5 Å². The zero-order valence-corrected chi connectivity index (χ0v) is 25.4. The molecule has 12 heteroatoms. The first kappa shape index (κ1) is 32.8. The number of carbonyl (C=O) groups excluding carboxylic acids is 2. The highest BCUT2D eigenvalue weighted by atomic mass is 35.5. The third kappa shape index (κ3) is 7.39. The largest absolute Gasteiger partial charge is 0.457 e. The molecule has 2 aromatic rings. The van der Waals surface area contributed by atoms with Crippen molar-refractivity contribution in [2.24, 2.45) is 11.1 Å². The van der Waals surface area contributed by atoms with Gasteiger partial charge in [0.25, 0.3) is 0 Å².